The molecule has 17 heavy (non-hydrogen) atoms. The summed E-state index contributed by atoms with van der Waals surface area (Å²) in [5.41, 5.74) is 13.5. The number of anilines is 1. The number of nitrogen functional groups attached to an aromatic ring is 1. The van der Waals surface area contributed by atoms with Gasteiger partial charge in [0.05, 0.1) is 6.04 Å². The van der Waals surface area contributed by atoms with Crippen molar-refractivity contribution in [2.75, 3.05) is 5.73 Å². The van der Waals surface area contributed by atoms with Crippen molar-refractivity contribution in [3.05, 3.63) is 30.1 Å². The molecule has 0 radical (unpaired) electrons. The van der Waals surface area contributed by atoms with Gasteiger partial charge >= 0.3 is 0 Å². The number of nitrogens with zero attached hydrogens (tertiary/aromatic N) is 3. The third kappa shape index (κ3) is 1.68. The predicted octanol–water partition coefficient (Wildman–Crippen LogP) is 1.32. The lowest BCUT2D eigenvalue weighted by molar-refractivity contribution is 0.454. The average molecular weight is 229 g/mol. The molecule has 5 nitrogen and oxygen atoms in total. The van der Waals surface area contributed by atoms with E-state index in [1.807, 2.05) is 24.3 Å². The third-order valence-electron chi connectivity index (χ3n) is 3.18. The van der Waals surface area contributed by atoms with E-state index in [0.717, 1.165) is 42.3 Å². The van der Waals surface area contributed by atoms with Crippen LogP contribution in [-0.2, 0) is 6.54 Å². The second kappa shape index (κ2) is 3.85. The zero-order valence-corrected chi connectivity index (χ0v) is 9.50. The molecule has 1 unspecified atom stereocenters. The number of nitrogens with two attached hydrogens (primary N) is 2. The molecule has 1 aromatic heterocycles. The fraction of sp³-hybridized carbons (Fsp3) is 0.333. The van der Waals surface area contributed by atoms with Crippen LogP contribution in [0.15, 0.2) is 24.3 Å². The molecular formula is C12H15N5. The topological polar surface area (TPSA) is 82.8 Å². The lowest BCUT2D eigenvalue weighted by atomic mass is 10.1. The normalized spacial score (nSPS) is 19.0. The molecule has 0 fully saturated rings. The van der Waals surface area contributed by atoms with Crippen LogP contribution in [0.1, 0.15) is 24.7 Å². The summed E-state index contributed by atoms with van der Waals surface area (Å²) in [6.07, 6.45) is 2.06. The molecule has 2 heterocycles. The fourth-order valence-corrected chi connectivity index (χ4v) is 2.25. The fourth-order valence-electron chi connectivity index (χ4n) is 2.25. The monoisotopic (exact) mass is 229 g/mol. The maximum absolute atomic E-state index is 6.02. The van der Waals surface area contributed by atoms with Crippen molar-refractivity contribution in [1.29, 1.82) is 0 Å². The maximum Gasteiger partial charge on any atom is 0.164 e. The Morgan fingerprint density at radius 3 is 2.71 bits per heavy atom. The molecule has 0 saturated heterocycles. The van der Waals surface area contributed by atoms with E-state index in [-0.39, 0.29) is 6.04 Å². The van der Waals surface area contributed by atoms with Gasteiger partial charge in [-0.1, -0.05) is 0 Å². The van der Waals surface area contributed by atoms with Gasteiger partial charge in [-0.25, -0.2) is 0 Å². The largest absolute Gasteiger partial charge is 0.399 e. The van der Waals surface area contributed by atoms with E-state index < -0.39 is 0 Å². The van der Waals surface area contributed by atoms with Crippen molar-refractivity contribution in [1.82, 2.24) is 14.8 Å². The van der Waals surface area contributed by atoms with Gasteiger partial charge in [0.25, 0.3) is 0 Å². The van der Waals surface area contributed by atoms with Gasteiger partial charge < -0.3 is 16.0 Å². The number of fused-ring (bicyclic) bond motifs is 1. The van der Waals surface area contributed by atoms with Crippen molar-refractivity contribution in [3.63, 3.8) is 0 Å². The predicted molar refractivity (Wildman–Crippen MR) is 66.0 cm³/mol. The van der Waals surface area contributed by atoms with Crippen LogP contribution in [0.3, 0.4) is 0 Å². The standard InChI is InChI=1S/C12H15N5/c13-9-5-3-8(4-6-9)11-15-16-12-10(14)2-1-7-17(11)12/h3-6,10H,1-2,7,13-14H2. The first-order chi connectivity index (χ1) is 8.25. The highest BCUT2D eigenvalue weighted by molar-refractivity contribution is 5.59. The molecule has 88 valence electrons. The van der Waals surface area contributed by atoms with Crippen LogP contribution in [0.4, 0.5) is 5.69 Å². The Morgan fingerprint density at radius 1 is 1.18 bits per heavy atom. The van der Waals surface area contributed by atoms with Crippen molar-refractivity contribution in [2.45, 2.75) is 25.4 Å². The second-order valence-electron chi connectivity index (χ2n) is 4.40. The molecule has 0 saturated carbocycles. The van der Waals surface area contributed by atoms with Gasteiger partial charge in [-0.2, -0.15) is 0 Å². The van der Waals surface area contributed by atoms with Crippen LogP contribution < -0.4 is 11.5 Å². The summed E-state index contributed by atoms with van der Waals surface area (Å²) < 4.78 is 2.11. The van der Waals surface area contributed by atoms with Gasteiger partial charge in [0.2, 0.25) is 0 Å². The minimum absolute atomic E-state index is 0.0128. The highest BCUT2D eigenvalue weighted by Gasteiger charge is 2.22. The van der Waals surface area contributed by atoms with Gasteiger partial charge in [-0.05, 0) is 37.1 Å². The Balaban J connectivity index is 2.07. The van der Waals surface area contributed by atoms with Crippen molar-refractivity contribution < 1.29 is 0 Å². The maximum atomic E-state index is 6.02. The van der Waals surface area contributed by atoms with E-state index in [4.69, 9.17) is 11.5 Å². The molecule has 0 amide bonds. The zero-order valence-electron chi connectivity index (χ0n) is 9.50. The molecule has 1 aromatic carbocycles. The Morgan fingerprint density at radius 2 is 1.94 bits per heavy atom. The first kappa shape index (κ1) is 10.3. The van der Waals surface area contributed by atoms with Gasteiger partial charge in [0.15, 0.2) is 5.82 Å². The quantitative estimate of drug-likeness (QED) is 0.722. The van der Waals surface area contributed by atoms with Gasteiger partial charge in [-0.15, -0.1) is 10.2 Å². The first-order valence-corrected chi connectivity index (χ1v) is 5.80. The van der Waals surface area contributed by atoms with E-state index >= 15 is 0 Å². The van der Waals surface area contributed by atoms with Crippen molar-refractivity contribution >= 4 is 5.69 Å². The molecule has 1 aliphatic rings. The minimum Gasteiger partial charge on any atom is -0.399 e. The van der Waals surface area contributed by atoms with E-state index in [1.54, 1.807) is 0 Å². The lowest BCUT2D eigenvalue weighted by Gasteiger charge is -2.20. The first-order valence-electron chi connectivity index (χ1n) is 5.80. The molecule has 1 atom stereocenters. The third-order valence-corrected chi connectivity index (χ3v) is 3.18. The summed E-state index contributed by atoms with van der Waals surface area (Å²) in [6, 6.07) is 7.69. The summed E-state index contributed by atoms with van der Waals surface area (Å²) in [7, 11) is 0. The van der Waals surface area contributed by atoms with E-state index in [2.05, 4.69) is 14.8 Å². The van der Waals surface area contributed by atoms with Crippen LogP contribution in [0, 0.1) is 0 Å². The minimum atomic E-state index is 0.0128. The van der Waals surface area contributed by atoms with Crippen LogP contribution in [0.2, 0.25) is 0 Å². The molecule has 1 aliphatic heterocycles. The SMILES string of the molecule is Nc1ccc(-c2nnc3n2CCCC3N)cc1. The summed E-state index contributed by atoms with van der Waals surface area (Å²) in [6.45, 7) is 0.940. The number of hydrogen-bond acceptors (Lipinski definition) is 4. The smallest absolute Gasteiger partial charge is 0.164 e. The number of aromatic nitrogens is 3. The van der Waals surface area contributed by atoms with E-state index in [1.165, 1.54) is 0 Å². The molecule has 0 aliphatic carbocycles. The highest BCUT2D eigenvalue weighted by Crippen LogP contribution is 2.27. The number of rotatable bonds is 1. The summed E-state index contributed by atoms with van der Waals surface area (Å²) >= 11 is 0. The van der Waals surface area contributed by atoms with Crippen molar-refractivity contribution in [3.8, 4) is 11.4 Å². The van der Waals surface area contributed by atoms with E-state index in [9.17, 15) is 0 Å². The molecule has 3 rings (SSSR count). The summed E-state index contributed by atoms with van der Waals surface area (Å²) in [5, 5.41) is 8.43. The molecule has 2 aromatic rings. The Hall–Kier alpha value is -1.88. The Bertz CT molecular complexity index is 528. The lowest BCUT2D eigenvalue weighted by Crippen LogP contribution is -2.22. The Kier molecular flexibility index (Phi) is 2.33. The van der Waals surface area contributed by atoms with Gasteiger partial charge in [-0.3, -0.25) is 0 Å². The zero-order chi connectivity index (χ0) is 11.8. The van der Waals surface area contributed by atoms with Crippen molar-refractivity contribution in [2.24, 2.45) is 5.73 Å². The van der Waals surface area contributed by atoms with Gasteiger partial charge in [0, 0.05) is 17.8 Å². The molecule has 0 spiro atoms. The van der Waals surface area contributed by atoms with Crippen LogP contribution >= 0.6 is 0 Å². The molecule has 5 heteroatoms. The number of benzene rings is 1. The van der Waals surface area contributed by atoms with Gasteiger partial charge in [0.1, 0.15) is 5.82 Å². The van der Waals surface area contributed by atoms with Crippen LogP contribution in [0.5, 0.6) is 0 Å². The van der Waals surface area contributed by atoms with E-state index in [0.29, 0.717) is 0 Å². The molecule has 4 N–H and O–H groups in total. The summed E-state index contributed by atoms with van der Waals surface area (Å²) in [5.74, 6) is 1.78. The number of hydrogen-bond donors (Lipinski definition) is 2. The molecule has 0 bridgehead atoms. The Labute approximate surface area is 99.4 Å². The van der Waals surface area contributed by atoms with Crippen LogP contribution in [0.25, 0.3) is 11.4 Å². The summed E-state index contributed by atoms with van der Waals surface area (Å²) in [4.78, 5) is 0. The highest BCUT2D eigenvalue weighted by atomic mass is 15.3. The average Bonchev–Trinajstić information content (AvgIpc) is 2.75. The molecular weight excluding hydrogens is 214 g/mol. The van der Waals surface area contributed by atoms with Crippen LogP contribution in [-0.4, -0.2) is 14.8 Å². The second-order valence-corrected chi connectivity index (χ2v) is 4.40.